The summed E-state index contributed by atoms with van der Waals surface area (Å²) in [5, 5.41) is 3.01. The molecule has 14 heteroatoms. The van der Waals surface area contributed by atoms with Crippen molar-refractivity contribution >= 4 is 23.4 Å². The Morgan fingerprint density at radius 3 is 2.26 bits per heavy atom. The van der Waals surface area contributed by atoms with Crippen LogP contribution >= 0.6 is 0 Å². The zero-order valence-electron chi connectivity index (χ0n) is 20.0. The van der Waals surface area contributed by atoms with Crippen LogP contribution in [0, 0.1) is 0 Å². The second-order valence-corrected chi connectivity index (χ2v) is 8.81. The molecule has 0 radical (unpaired) electrons. The number of nitrogens with one attached hydrogen (secondary N) is 1. The normalized spacial score (nSPS) is 16.7. The third-order valence-electron chi connectivity index (χ3n) is 6.35. The highest BCUT2D eigenvalue weighted by Crippen LogP contribution is 2.36. The summed E-state index contributed by atoms with van der Waals surface area (Å²) in [6, 6.07) is 4.37. The molecule has 1 saturated heterocycles. The molecule has 0 aliphatic carbocycles. The molecule has 2 aliphatic heterocycles. The van der Waals surface area contributed by atoms with Crippen LogP contribution in [0.2, 0.25) is 0 Å². The smallest absolute Gasteiger partial charge is 0.378 e. The van der Waals surface area contributed by atoms with Gasteiger partial charge in [0, 0.05) is 50.6 Å². The molecule has 1 fully saturated rings. The highest BCUT2D eigenvalue weighted by atomic mass is 19.4. The number of fused-ring (bicyclic) bond motifs is 1. The number of anilines is 4. The fourth-order valence-corrected chi connectivity index (χ4v) is 4.43. The molecule has 0 saturated carbocycles. The van der Waals surface area contributed by atoms with Gasteiger partial charge in [-0.25, -0.2) is 15.0 Å². The van der Waals surface area contributed by atoms with Gasteiger partial charge in [0.2, 0.25) is 5.95 Å². The van der Waals surface area contributed by atoms with E-state index in [4.69, 9.17) is 9.72 Å². The van der Waals surface area contributed by atoms with Crippen LogP contribution in [-0.4, -0.2) is 59.3 Å². The maximum absolute atomic E-state index is 13.6. The third kappa shape index (κ3) is 5.59. The number of halogens is 6. The van der Waals surface area contributed by atoms with Crippen LogP contribution in [0.4, 0.5) is 49.7 Å². The molecule has 38 heavy (non-hydrogen) atoms. The average Bonchev–Trinajstić information content (AvgIpc) is 3.11. The molecule has 5 rings (SSSR count). The Morgan fingerprint density at radius 2 is 1.58 bits per heavy atom. The SMILES string of the molecule is FC(F)(F)c1ccc(Nc2nc(N3CCOCC3)nc3c2CCN(c2ncccc2C(F)(F)F)CC3)nc1. The van der Waals surface area contributed by atoms with Crippen molar-refractivity contribution in [2.45, 2.75) is 25.2 Å². The number of hydrogen-bond donors (Lipinski definition) is 1. The van der Waals surface area contributed by atoms with E-state index in [0.717, 1.165) is 18.3 Å². The number of rotatable bonds is 4. The lowest BCUT2D eigenvalue weighted by molar-refractivity contribution is -0.138. The summed E-state index contributed by atoms with van der Waals surface area (Å²) in [7, 11) is 0. The van der Waals surface area contributed by atoms with E-state index in [9.17, 15) is 26.3 Å². The van der Waals surface area contributed by atoms with E-state index in [2.05, 4.69) is 20.3 Å². The summed E-state index contributed by atoms with van der Waals surface area (Å²) in [6.07, 6.45) is -6.43. The Kier molecular flexibility index (Phi) is 6.99. The maximum Gasteiger partial charge on any atom is 0.419 e. The molecule has 0 atom stereocenters. The largest absolute Gasteiger partial charge is 0.419 e. The first-order valence-corrected chi connectivity index (χ1v) is 11.9. The minimum atomic E-state index is -4.56. The Balaban J connectivity index is 1.48. The molecule has 3 aromatic heterocycles. The monoisotopic (exact) mass is 539 g/mol. The number of aromatic nitrogens is 4. The first kappa shape index (κ1) is 25.9. The number of pyridine rings is 2. The second kappa shape index (κ2) is 10.2. The van der Waals surface area contributed by atoms with Crippen molar-refractivity contribution in [2.75, 3.05) is 54.5 Å². The van der Waals surface area contributed by atoms with Crippen molar-refractivity contribution in [1.29, 1.82) is 0 Å². The van der Waals surface area contributed by atoms with Crippen LogP contribution in [0.25, 0.3) is 0 Å². The van der Waals surface area contributed by atoms with Gasteiger partial charge in [0.1, 0.15) is 17.5 Å². The van der Waals surface area contributed by atoms with Crippen LogP contribution in [0.1, 0.15) is 22.4 Å². The van der Waals surface area contributed by atoms with Crippen LogP contribution in [0.3, 0.4) is 0 Å². The minimum Gasteiger partial charge on any atom is -0.378 e. The van der Waals surface area contributed by atoms with E-state index in [0.29, 0.717) is 55.7 Å². The van der Waals surface area contributed by atoms with Gasteiger partial charge in [0.15, 0.2) is 0 Å². The lowest BCUT2D eigenvalue weighted by Crippen LogP contribution is -2.37. The Bertz CT molecular complexity index is 1280. The number of ether oxygens (including phenoxy) is 1. The van der Waals surface area contributed by atoms with Gasteiger partial charge in [-0.15, -0.1) is 0 Å². The molecule has 202 valence electrons. The van der Waals surface area contributed by atoms with E-state index in [-0.39, 0.29) is 31.1 Å². The molecule has 1 N–H and O–H groups in total. The molecule has 0 amide bonds. The minimum absolute atomic E-state index is 0.150. The van der Waals surface area contributed by atoms with Gasteiger partial charge < -0.3 is 19.9 Å². The van der Waals surface area contributed by atoms with Gasteiger partial charge >= 0.3 is 12.4 Å². The van der Waals surface area contributed by atoms with Crippen molar-refractivity contribution in [3.05, 3.63) is 59.0 Å². The van der Waals surface area contributed by atoms with Gasteiger partial charge in [-0.2, -0.15) is 31.3 Å². The van der Waals surface area contributed by atoms with E-state index >= 15 is 0 Å². The number of alkyl halides is 6. The molecule has 0 spiro atoms. The number of hydrogen-bond acceptors (Lipinski definition) is 8. The highest BCUT2D eigenvalue weighted by molar-refractivity contribution is 5.61. The molecule has 0 unspecified atom stereocenters. The Labute approximate surface area is 213 Å². The van der Waals surface area contributed by atoms with Crippen LogP contribution < -0.4 is 15.1 Å². The fourth-order valence-electron chi connectivity index (χ4n) is 4.43. The van der Waals surface area contributed by atoms with Crippen molar-refractivity contribution in [1.82, 2.24) is 19.9 Å². The molecule has 0 bridgehead atoms. The first-order valence-electron chi connectivity index (χ1n) is 11.9. The summed E-state index contributed by atoms with van der Waals surface area (Å²) in [6.45, 7) is 2.51. The van der Waals surface area contributed by atoms with Gasteiger partial charge in [0.05, 0.1) is 30.0 Å². The summed E-state index contributed by atoms with van der Waals surface area (Å²) in [5.74, 6) is 0.747. The fraction of sp³-hybridized carbons (Fsp3) is 0.417. The van der Waals surface area contributed by atoms with E-state index < -0.39 is 23.5 Å². The quantitative estimate of drug-likeness (QED) is 0.486. The molecule has 0 aromatic carbocycles. The predicted octanol–water partition coefficient (Wildman–Crippen LogP) is 4.49. The molecular weight excluding hydrogens is 516 g/mol. The van der Waals surface area contributed by atoms with Crippen LogP contribution in [0.5, 0.6) is 0 Å². The van der Waals surface area contributed by atoms with E-state index in [1.807, 2.05) is 4.90 Å². The van der Waals surface area contributed by atoms with Crippen molar-refractivity contribution in [3.63, 3.8) is 0 Å². The van der Waals surface area contributed by atoms with Gasteiger partial charge in [-0.3, -0.25) is 0 Å². The highest BCUT2D eigenvalue weighted by Gasteiger charge is 2.36. The molecule has 3 aromatic rings. The standard InChI is InChI=1S/C24H23F6N7O/c25-23(26,27)15-3-4-19(32-14-15)34-20-16-5-8-36(21-17(24(28,29)30)2-1-7-31-21)9-6-18(16)33-22(35-20)37-10-12-38-13-11-37/h1-4,7,14H,5-6,8-13H2,(H,32,33,34,35). The number of nitrogens with zero attached hydrogens (tertiary/aromatic N) is 6. The summed E-state index contributed by atoms with van der Waals surface area (Å²) in [5.41, 5.74) is -0.401. The van der Waals surface area contributed by atoms with E-state index in [1.165, 1.54) is 18.3 Å². The third-order valence-corrected chi connectivity index (χ3v) is 6.35. The zero-order valence-corrected chi connectivity index (χ0v) is 20.0. The van der Waals surface area contributed by atoms with Crippen molar-refractivity contribution in [3.8, 4) is 0 Å². The zero-order chi connectivity index (χ0) is 26.9. The lowest BCUT2D eigenvalue weighted by atomic mass is 10.1. The second-order valence-electron chi connectivity index (χ2n) is 8.81. The topological polar surface area (TPSA) is 79.3 Å². The van der Waals surface area contributed by atoms with Crippen LogP contribution in [-0.2, 0) is 29.9 Å². The Hall–Kier alpha value is -3.68. The average molecular weight is 539 g/mol. The molecule has 5 heterocycles. The van der Waals surface area contributed by atoms with Crippen LogP contribution in [0.15, 0.2) is 36.7 Å². The van der Waals surface area contributed by atoms with Crippen molar-refractivity contribution in [2.24, 2.45) is 0 Å². The lowest BCUT2D eigenvalue weighted by Gasteiger charge is -2.28. The molecular formula is C24H23F6N7O. The van der Waals surface area contributed by atoms with E-state index in [1.54, 1.807) is 4.90 Å². The molecule has 8 nitrogen and oxygen atoms in total. The Morgan fingerprint density at radius 1 is 0.816 bits per heavy atom. The molecule has 2 aliphatic rings. The maximum atomic E-state index is 13.6. The van der Waals surface area contributed by atoms with Gasteiger partial charge in [-0.1, -0.05) is 0 Å². The van der Waals surface area contributed by atoms with Crippen molar-refractivity contribution < 1.29 is 31.1 Å². The summed E-state index contributed by atoms with van der Waals surface area (Å²) >= 11 is 0. The summed E-state index contributed by atoms with van der Waals surface area (Å²) in [4.78, 5) is 20.8. The van der Waals surface area contributed by atoms with Gasteiger partial charge in [0.25, 0.3) is 0 Å². The first-order chi connectivity index (χ1) is 18.1. The number of morpholine rings is 1. The van der Waals surface area contributed by atoms with Gasteiger partial charge in [-0.05, 0) is 30.7 Å². The predicted molar refractivity (Wildman–Crippen MR) is 126 cm³/mol. The summed E-state index contributed by atoms with van der Waals surface area (Å²) < 4.78 is 85.3.